The number of piperidine rings is 1. The van der Waals surface area contributed by atoms with Crippen LogP contribution in [0.5, 0.6) is 0 Å². The maximum absolute atomic E-state index is 4.83. The van der Waals surface area contributed by atoms with Crippen LogP contribution in [0.2, 0.25) is 0 Å². The molecule has 2 saturated heterocycles. The van der Waals surface area contributed by atoms with Gasteiger partial charge in [0.1, 0.15) is 5.82 Å². The van der Waals surface area contributed by atoms with Gasteiger partial charge in [0.2, 0.25) is 5.95 Å². The molecule has 2 aliphatic heterocycles. The third-order valence-electron chi connectivity index (χ3n) is 6.53. The first-order chi connectivity index (χ1) is 15.3. The predicted octanol–water partition coefficient (Wildman–Crippen LogP) is 4.48. The maximum Gasteiger partial charge on any atom is 0.224 e. The van der Waals surface area contributed by atoms with Crippen LogP contribution in [0.15, 0.2) is 48.7 Å². The fourth-order valence-electron chi connectivity index (χ4n) is 4.74. The van der Waals surface area contributed by atoms with Crippen LogP contribution in [0.25, 0.3) is 10.9 Å². The second kappa shape index (κ2) is 9.60. The van der Waals surface area contributed by atoms with Crippen molar-refractivity contribution < 1.29 is 0 Å². The van der Waals surface area contributed by atoms with Crippen molar-refractivity contribution in [3.05, 3.63) is 54.4 Å². The quantitative estimate of drug-likeness (QED) is 0.662. The fourth-order valence-corrected chi connectivity index (χ4v) is 4.74. The van der Waals surface area contributed by atoms with Crippen LogP contribution >= 0.6 is 0 Å². The molecule has 0 saturated carbocycles. The summed E-state index contributed by atoms with van der Waals surface area (Å²) in [7, 11) is 0. The molecule has 31 heavy (non-hydrogen) atoms. The van der Waals surface area contributed by atoms with Crippen molar-refractivity contribution in [2.45, 2.75) is 51.1 Å². The third-order valence-corrected chi connectivity index (χ3v) is 6.53. The highest BCUT2D eigenvalue weighted by Crippen LogP contribution is 2.21. The van der Waals surface area contributed by atoms with Crippen LogP contribution < -0.4 is 10.2 Å². The van der Waals surface area contributed by atoms with Gasteiger partial charge in [0.15, 0.2) is 0 Å². The number of nitrogens with zero attached hydrogens (tertiary/aromatic N) is 5. The number of nitrogens with one attached hydrogen (secondary N) is 1. The number of anilines is 2. The van der Waals surface area contributed by atoms with Gasteiger partial charge in [-0.3, -0.25) is 9.88 Å². The van der Waals surface area contributed by atoms with E-state index in [1.165, 1.54) is 31.1 Å². The van der Waals surface area contributed by atoms with E-state index in [4.69, 9.17) is 9.97 Å². The highest BCUT2D eigenvalue weighted by atomic mass is 15.2. The van der Waals surface area contributed by atoms with Crippen LogP contribution in [0.1, 0.15) is 44.2 Å². The SMILES string of the molecule is c1ccc2nc(CN3CCC(Nc4nccc(N5CCCCCC5)n4)CC3)ccc2c1. The van der Waals surface area contributed by atoms with Crippen molar-refractivity contribution in [1.29, 1.82) is 0 Å². The minimum absolute atomic E-state index is 0.431. The predicted molar refractivity (Wildman–Crippen MR) is 126 cm³/mol. The van der Waals surface area contributed by atoms with Gasteiger partial charge in [-0.05, 0) is 43.9 Å². The van der Waals surface area contributed by atoms with E-state index >= 15 is 0 Å². The Morgan fingerprint density at radius 1 is 0.839 bits per heavy atom. The number of likely N-dealkylation sites (tertiary alicyclic amines) is 1. The number of fused-ring (bicyclic) bond motifs is 1. The monoisotopic (exact) mass is 416 g/mol. The molecule has 6 heteroatoms. The zero-order valence-corrected chi connectivity index (χ0v) is 18.2. The third kappa shape index (κ3) is 5.13. The molecule has 0 radical (unpaired) electrons. The summed E-state index contributed by atoms with van der Waals surface area (Å²) in [6.07, 6.45) is 9.29. The van der Waals surface area contributed by atoms with E-state index in [0.717, 1.165) is 68.5 Å². The minimum atomic E-state index is 0.431. The number of hydrogen-bond acceptors (Lipinski definition) is 6. The minimum Gasteiger partial charge on any atom is -0.356 e. The van der Waals surface area contributed by atoms with E-state index in [1.54, 1.807) is 0 Å². The first-order valence-corrected chi connectivity index (χ1v) is 11.7. The highest BCUT2D eigenvalue weighted by Gasteiger charge is 2.21. The van der Waals surface area contributed by atoms with Gasteiger partial charge < -0.3 is 10.2 Å². The summed E-state index contributed by atoms with van der Waals surface area (Å²) in [5, 5.41) is 4.80. The molecule has 6 nitrogen and oxygen atoms in total. The van der Waals surface area contributed by atoms with Crippen molar-refractivity contribution in [3.63, 3.8) is 0 Å². The topological polar surface area (TPSA) is 57.2 Å². The Morgan fingerprint density at radius 3 is 2.48 bits per heavy atom. The first-order valence-electron chi connectivity index (χ1n) is 11.7. The summed E-state index contributed by atoms with van der Waals surface area (Å²) >= 11 is 0. The zero-order chi connectivity index (χ0) is 20.9. The van der Waals surface area contributed by atoms with E-state index < -0.39 is 0 Å². The van der Waals surface area contributed by atoms with Gasteiger partial charge in [-0.15, -0.1) is 0 Å². The van der Waals surface area contributed by atoms with Crippen LogP contribution in [-0.4, -0.2) is 52.1 Å². The fraction of sp³-hybridized carbons (Fsp3) is 0.480. The normalized spacial score (nSPS) is 18.8. The van der Waals surface area contributed by atoms with E-state index in [1.807, 2.05) is 6.20 Å². The summed E-state index contributed by atoms with van der Waals surface area (Å²) in [4.78, 5) is 19.1. The Kier molecular flexibility index (Phi) is 6.25. The lowest BCUT2D eigenvalue weighted by Gasteiger charge is -2.32. The molecule has 0 unspecified atom stereocenters. The lowest BCUT2D eigenvalue weighted by molar-refractivity contribution is 0.209. The molecule has 1 N–H and O–H groups in total. The Bertz CT molecular complexity index is 990. The largest absolute Gasteiger partial charge is 0.356 e. The van der Waals surface area contributed by atoms with Gasteiger partial charge in [0.05, 0.1) is 11.2 Å². The zero-order valence-electron chi connectivity index (χ0n) is 18.2. The number of benzene rings is 1. The lowest BCUT2D eigenvalue weighted by Crippen LogP contribution is -2.39. The van der Waals surface area contributed by atoms with Gasteiger partial charge in [-0.2, -0.15) is 4.98 Å². The molecule has 162 valence electrons. The van der Waals surface area contributed by atoms with E-state index in [-0.39, 0.29) is 0 Å². The number of aromatic nitrogens is 3. The molecular weight excluding hydrogens is 384 g/mol. The summed E-state index contributed by atoms with van der Waals surface area (Å²) in [6, 6.07) is 15.2. The van der Waals surface area contributed by atoms with Crippen molar-refractivity contribution in [1.82, 2.24) is 19.9 Å². The maximum atomic E-state index is 4.83. The molecule has 0 spiro atoms. The molecule has 4 heterocycles. The molecule has 0 atom stereocenters. The van der Waals surface area contributed by atoms with E-state index in [0.29, 0.717) is 6.04 Å². The summed E-state index contributed by atoms with van der Waals surface area (Å²) in [6.45, 7) is 5.27. The Morgan fingerprint density at radius 2 is 1.65 bits per heavy atom. The average molecular weight is 417 g/mol. The number of pyridine rings is 1. The molecular formula is C25H32N6. The smallest absolute Gasteiger partial charge is 0.224 e. The van der Waals surface area contributed by atoms with Gasteiger partial charge in [-0.1, -0.05) is 37.1 Å². The molecule has 5 rings (SSSR count). The standard InChI is InChI=1S/C25H32N6/c1-2-6-16-31(15-5-1)24-11-14-26-25(29-24)28-21-12-17-30(18-13-21)19-22-10-9-20-7-3-4-8-23(20)27-22/h3-4,7-11,14,21H,1-2,5-6,12-13,15-19H2,(H,26,28,29). The molecule has 2 aromatic heterocycles. The second-order valence-electron chi connectivity index (χ2n) is 8.83. The number of rotatable bonds is 5. The molecule has 1 aromatic carbocycles. The van der Waals surface area contributed by atoms with Crippen molar-refractivity contribution in [2.75, 3.05) is 36.4 Å². The highest BCUT2D eigenvalue weighted by molar-refractivity contribution is 5.78. The number of hydrogen-bond donors (Lipinski definition) is 1. The molecule has 0 bridgehead atoms. The van der Waals surface area contributed by atoms with Gasteiger partial charge in [-0.25, -0.2) is 4.98 Å². The van der Waals surface area contributed by atoms with E-state index in [2.05, 4.69) is 62.6 Å². The summed E-state index contributed by atoms with van der Waals surface area (Å²) in [5.41, 5.74) is 2.23. The lowest BCUT2D eigenvalue weighted by atomic mass is 10.0. The first kappa shape index (κ1) is 20.2. The van der Waals surface area contributed by atoms with Crippen LogP contribution in [-0.2, 0) is 6.54 Å². The molecule has 2 aliphatic rings. The molecule has 0 aliphatic carbocycles. The van der Waals surface area contributed by atoms with Crippen LogP contribution in [0.3, 0.4) is 0 Å². The van der Waals surface area contributed by atoms with Crippen molar-refractivity contribution >= 4 is 22.7 Å². The Balaban J connectivity index is 1.15. The van der Waals surface area contributed by atoms with Crippen LogP contribution in [0, 0.1) is 0 Å². The second-order valence-corrected chi connectivity index (χ2v) is 8.83. The number of para-hydroxylation sites is 1. The van der Waals surface area contributed by atoms with Crippen LogP contribution in [0.4, 0.5) is 11.8 Å². The van der Waals surface area contributed by atoms with Gasteiger partial charge in [0.25, 0.3) is 0 Å². The average Bonchev–Trinajstić information content (AvgIpc) is 3.10. The summed E-state index contributed by atoms with van der Waals surface area (Å²) in [5.74, 6) is 1.84. The molecule has 2 fully saturated rings. The summed E-state index contributed by atoms with van der Waals surface area (Å²) < 4.78 is 0. The van der Waals surface area contributed by atoms with Gasteiger partial charge in [0, 0.05) is 50.3 Å². The van der Waals surface area contributed by atoms with Gasteiger partial charge >= 0.3 is 0 Å². The Labute approximate surface area is 184 Å². The Hall–Kier alpha value is -2.73. The molecule has 3 aromatic rings. The van der Waals surface area contributed by atoms with Crippen molar-refractivity contribution in [3.8, 4) is 0 Å². The molecule has 0 amide bonds. The van der Waals surface area contributed by atoms with E-state index in [9.17, 15) is 0 Å². The van der Waals surface area contributed by atoms with Crippen molar-refractivity contribution in [2.24, 2.45) is 0 Å².